The highest BCUT2D eigenvalue weighted by Gasteiger charge is 2.21. The van der Waals surface area contributed by atoms with Crippen molar-refractivity contribution in [3.8, 4) is 0 Å². The molecule has 1 N–H and O–H groups in total. The van der Waals surface area contributed by atoms with E-state index in [1.54, 1.807) is 0 Å². The number of benzene rings is 1. The van der Waals surface area contributed by atoms with Crippen molar-refractivity contribution < 1.29 is 0 Å². The lowest BCUT2D eigenvalue weighted by Crippen LogP contribution is -2.25. The van der Waals surface area contributed by atoms with E-state index in [1.165, 1.54) is 42.3 Å². The van der Waals surface area contributed by atoms with Crippen LogP contribution in [0.4, 0.5) is 0 Å². The molecule has 1 nitrogen and oxygen atoms in total. The Kier molecular flexibility index (Phi) is 4.42. The highest BCUT2D eigenvalue weighted by Crippen LogP contribution is 2.22. The quantitative estimate of drug-likeness (QED) is 0.837. The first kappa shape index (κ1) is 12.1. The molecule has 1 aliphatic rings. The van der Waals surface area contributed by atoms with Gasteiger partial charge in [-0.2, -0.15) is 0 Å². The van der Waals surface area contributed by atoms with E-state index in [1.807, 2.05) is 0 Å². The molecular weight excluding hydrogens is 262 g/mol. The van der Waals surface area contributed by atoms with Gasteiger partial charge in [-0.3, -0.25) is 0 Å². The van der Waals surface area contributed by atoms with Gasteiger partial charge in [0.2, 0.25) is 0 Å². The Morgan fingerprint density at radius 1 is 1.38 bits per heavy atom. The minimum absolute atomic E-state index is 0.763. The minimum Gasteiger partial charge on any atom is -0.314 e. The summed E-state index contributed by atoms with van der Waals surface area (Å²) in [6.45, 7) is 3.46. The maximum absolute atomic E-state index is 3.63. The highest BCUT2D eigenvalue weighted by atomic mass is 79.9. The Labute approximate surface area is 107 Å². The molecule has 1 atom stereocenters. The largest absolute Gasteiger partial charge is 0.314 e. The third-order valence-electron chi connectivity index (χ3n) is 3.32. The summed E-state index contributed by atoms with van der Waals surface area (Å²) >= 11 is 3.63. The summed E-state index contributed by atoms with van der Waals surface area (Å²) in [7, 11) is 0. The lowest BCUT2D eigenvalue weighted by molar-refractivity contribution is 0.458. The molecule has 1 aromatic rings. The van der Waals surface area contributed by atoms with E-state index < -0.39 is 0 Å². The van der Waals surface area contributed by atoms with Gasteiger partial charge >= 0.3 is 0 Å². The van der Waals surface area contributed by atoms with Gasteiger partial charge in [-0.1, -0.05) is 47.5 Å². The van der Waals surface area contributed by atoms with Crippen LogP contribution in [0.3, 0.4) is 0 Å². The first-order valence-corrected chi connectivity index (χ1v) is 7.05. The molecule has 2 rings (SSSR count). The number of nitrogens with one attached hydrogen (secondary N) is 1. The van der Waals surface area contributed by atoms with E-state index >= 15 is 0 Å². The fourth-order valence-corrected chi connectivity index (χ4v) is 2.40. The number of hydrogen-bond donors (Lipinski definition) is 1. The maximum Gasteiger partial charge on any atom is 0.0207 e. The van der Waals surface area contributed by atoms with Crippen LogP contribution in [0, 0.1) is 5.92 Å². The van der Waals surface area contributed by atoms with Gasteiger partial charge in [-0.25, -0.2) is 0 Å². The van der Waals surface area contributed by atoms with Crippen LogP contribution in [0.2, 0.25) is 0 Å². The second kappa shape index (κ2) is 5.83. The van der Waals surface area contributed by atoms with Crippen LogP contribution in [0.1, 0.15) is 31.7 Å². The van der Waals surface area contributed by atoms with Crippen LogP contribution < -0.4 is 5.32 Å². The monoisotopic (exact) mass is 281 g/mol. The fraction of sp³-hybridized carbons (Fsp3) is 0.571. The third-order valence-corrected chi connectivity index (χ3v) is 4.09. The molecule has 0 saturated heterocycles. The van der Waals surface area contributed by atoms with Crippen molar-refractivity contribution in [2.24, 2.45) is 5.92 Å². The van der Waals surface area contributed by atoms with Crippen molar-refractivity contribution in [1.29, 1.82) is 0 Å². The number of hydrogen-bond acceptors (Lipinski definition) is 1. The second-order valence-corrected chi connectivity index (χ2v) is 5.61. The normalized spacial score (nSPS) is 17.4. The van der Waals surface area contributed by atoms with Crippen LogP contribution in [0.25, 0.3) is 0 Å². The number of rotatable bonds is 6. The van der Waals surface area contributed by atoms with E-state index in [9.17, 15) is 0 Å². The summed E-state index contributed by atoms with van der Waals surface area (Å²) in [6.07, 6.45) is 5.19. The molecule has 0 aliphatic heterocycles. The zero-order chi connectivity index (χ0) is 11.4. The first-order chi connectivity index (χ1) is 7.79. The van der Waals surface area contributed by atoms with Gasteiger partial charge in [0.25, 0.3) is 0 Å². The maximum atomic E-state index is 3.63. The second-order valence-electron chi connectivity index (χ2n) is 4.75. The summed E-state index contributed by atoms with van der Waals surface area (Å²) in [5.74, 6) is 0.763. The van der Waals surface area contributed by atoms with Gasteiger partial charge in [0.15, 0.2) is 0 Å². The lowest BCUT2D eigenvalue weighted by atomic mass is 9.97. The summed E-state index contributed by atoms with van der Waals surface area (Å²) < 4.78 is 1.25. The van der Waals surface area contributed by atoms with E-state index in [2.05, 4.69) is 52.4 Å². The molecule has 16 heavy (non-hydrogen) atoms. The molecule has 1 unspecified atom stereocenters. The molecule has 0 amide bonds. The van der Waals surface area contributed by atoms with Gasteiger partial charge < -0.3 is 5.32 Å². The lowest BCUT2D eigenvalue weighted by Gasteiger charge is -2.16. The predicted octanol–water partition coefficient (Wildman–Crippen LogP) is 3.77. The SMILES string of the molecule is CCC(CNC1CC1)Cc1ccccc1Br. The van der Waals surface area contributed by atoms with E-state index in [4.69, 9.17) is 0 Å². The summed E-state index contributed by atoms with van der Waals surface area (Å²) in [5.41, 5.74) is 1.44. The Morgan fingerprint density at radius 3 is 2.75 bits per heavy atom. The summed E-state index contributed by atoms with van der Waals surface area (Å²) in [4.78, 5) is 0. The Hall–Kier alpha value is -0.340. The molecule has 88 valence electrons. The fourth-order valence-electron chi connectivity index (χ4n) is 1.96. The van der Waals surface area contributed by atoms with Gasteiger partial charge in [0, 0.05) is 10.5 Å². The van der Waals surface area contributed by atoms with Crippen molar-refractivity contribution >= 4 is 15.9 Å². The van der Waals surface area contributed by atoms with Gasteiger partial charge in [0.1, 0.15) is 0 Å². The topological polar surface area (TPSA) is 12.0 Å². The van der Waals surface area contributed by atoms with Gasteiger partial charge in [-0.05, 0) is 43.4 Å². The van der Waals surface area contributed by atoms with Gasteiger partial charge in [-0.15, -0.1) is 0 Å². The average molecular weight is 282 g/mol. The Balaban J connectivity index is 1.87. The van der Waals surface area contributed by atoms with Crippen LogP contribution in [-0.4, -0.2) is 12.6 Å². The molecule has 0 radical (unpaired) electrons. The van der Waals surface area contributed by atoms with E-state index in [0.29, 0.717) is 0 Å². The van der Waals surface area contributed by atoms with Gasteiger partial charge in [0.05, 0.1) is 0 Å². The zero-order valence-electron chi connectivity index (χ0n) is 9.88. The zero-order valence-corrected chi connectivity index (χ0v) is 11.5. The Bertz CT molecular complexity index is 333. The molecule has 1 aliphatic carbocycles. The summed E-state index contributed by atoms with van der Waals surface area (Å²) in [5, 5.41) is 3.63. The molecular formula is C14H20BrN. The summed E-state index contributed by atoms with van der Waals surface area (Å²) in [6, 6.07) is 9.39. The molecule has 0 heterocycles. The minimum atomic E-state index is 0.763. The van der Waals surface area contributed by atoms with Crippen molar-refractivity contribution in [3.63, 3.8) is 0 Å². The first-order valence-electron chi connectivity index (χ1n) is 6.26. The number of halogens is 1. The van der Waals surface area contributed by atoms with Crippen molar-refractivity contribution in [1.82, 2.24) is 5.32 Å². The standard InChI is InChI=1S/C14H20BrN/c1-2-11(10-16-13-7-8-13)9-12-5-3-4-6-14(12)15/h3-6,11,13,16H,2,7-10H2,1H3. The third kappa shape index (κ3) is 3.60. The van der Waals surface area contributed by atoms with E-state index in [0.717, 1.165) is 12.0 Å². The van der Waals surface area contributed by atoms with Crippen molar-refractivity contribution in [2.45, 2.75) is 38.6 Å². The molecule has 1 saturated carbocycles. The van der Waals surface area contributed by atoms with Crippen LogP contribution >= 0.6 is 15.9 Å². The molecule has 0 aromatic heterocycles. The Morgan fingerprint density at radius 2 is 2.12 bits per heavy atom. The van der Waals surface area contributed by atoms with Crippen molar-refractivity contribution in [3.05, 3.63) is 34.3 Å². The molecule has 2 heteroatoms. The van der Waals surface area contributed by atoms with Crippen LogP contribution in [-0.2, 0) is 6.42 Å². The van der Waals surface area contributed by atoms with Crippen molar-refractivity contribution in [2.75, 3.05) is 6.54 Å². The molecule has 0 spiro atoms. The molecule has 1 fully saturated rings. The molecule has 0 bridgehead atoms. The molecule has 1 aromatic carbocycles. The smallest absolute Gasteiger partial charge is 0.0207 e. The van der Waals surface area contributed by atoms with Crippen LogP contribution in [0.15, 0.2) is 28.7 Å². The average Bonchev–Trinajstić information content (AvgIpc) is 3.10. The van der Waals surface area contributed by atoms with Crippen LogP contribution in [0.5, 0.6) is 0 Å². The highest BCUT2D eigenvalue weighted by molar-refractivity contribution is 9.10. The van der Waals surface area contributed by atoms with E-state index in [-0.39, 0.29) is 0 Å². The predicted molar refractivity (Wildman–Crippen MR) is 72.7 cm³/mol.